The van der Waals surface area contributed by atoms with Crippen LogP contribution in [0.1, 0.15) is 35.0 Å². The molecule has 7 nitrogen and oxygen atoms in total. The minimum Gasteiger partial charge on any atom is -0.354 e. The van der Waals surface area contributed by atoms with E-state index in [2.05, 4.69) is 87.4 Å². The van der Waals surface area contributed by atoms with Gasteiger partial charge in [-0.25, -0.2) is 4.98 Å². The fraction of sp³-hybridized carbons (Fsp3) is 0.346. The molecule has 0 spiro atoms. The van der Waals surface area contributed by atoms with Gasteiger partial charge in [0.1, 0.15) is 0 Å². The zero-order chi connectivity index (χ0) is 23.4. The molecule has 2 aromatic heterocycles. The molecule has 4 aromatic rings. The van der Waals surface area contributed by atoms with Gasteiger partial charge in [0.25, 0.3) is 0 Å². The lowest BCUT2D eigenvalue weighted by Gasteiger charge is -2.18. The Morgan fingerprint density at radius 1 is 1.06 bits per heavy atom. The van der Waals surface area contributed by atoms with Crippen LogP contribution in [0.3, 0.4) is 0 Å². The molecule has 0 bridgehead atoms. The van der Waals surface area contributed by atoms with E-state index in [1.165, 1.54) is 22.4 Å². The number of benzene rings is 2. The molecule has 34 heavy (non-hydrogen) atoms. The SMILES string of the molecule is CN=C(NCc1ccc(Cn2cnc3ccccc32)cc1)NC(C)Cc1c(C)nn(C)c1C.I. The molecule has 0 saturated carbocycles. The molecule has 0 fully saturated rings. The summed E-state index contributed by atoms with van der Waals surface area (Å²) in [5.74, 6) is 0.802. The Bertz CT molecular complexity index is 1250. The molecular weight excluding hydrogens is 537 g/mol. The molecule has 8 heteroatoms. The minimum absolute atomic E-state index is 0. The normalized spacial score (nSPS) is 12.4. The van der Waals surface area contributed by atoms with Crippen molar-refractivity contribution >= 4 is 41.0 Å². The Balaban J connectivity index is 0.00000324. The molecule has 1 unspecified atom stereocenters. The van der Waals surface area contributed by atoms with E-state index < -0.39 is 0 Å². The van der Waals surface area contributed by atoms with Crippen molar-refractivity contribution in [2.75, 3.05) is 7.05 Å². The summed E-state index contributed by atoms with van der Waals surface area (Å²) >= 11 is 0. The molecule has 2 heterocycles. The first-order valence-corrected chi connectivity index (χ1v) is 11.4. The Morgan fingerprint density at radius 2 is 1.76 bits per heavy atom. The number of para-hydroxylation sites is 2. The first kappa shape index (κ1) is 25.7. The molecule has 0 radical (unpaired) electrons. The Hall–Kier alpha value is -2.88. The van der Waals surface area contributed by atoms with Crippen LogP contribution in [0.15, 0.2) is 59.9 Å². The van der Waals surface area contributed by atoms with Crippen molar-refractivity contribution in [3.8, 4) is 0 Å². The minimum atomic E-state index is 0. The smallest absolute Gasteiger partial charge is 0.191 e. The number of hydrogen-bond donors (Lipinski definition) is 2. The number of aliphatic imine (C=N–C) groups is 1. The maximum Gasteiger partial charge on any atom is 0.191 e. The highest BCUT2D eigenvalue weighted by Gasteiger charge is 2.14. The first-order chi connectivity index (χ1) is 15.9. The van der Waals surface area contributed by atoms with Crippen molar-refractivity contribution in [1.82, 2.24) is 30.0 Å². The molecular formula is C26H34IN7. The second-order valence-electron chi connectivity index (χ2n) is 8.63. The number of imidazole rings is 1. The van der Waals surface area contributed by atoms with E-state index in [0.29, 0.717) is 6.54 Å². The molecule has 0 aliphatic rings. The lowest BCUT2D eigenvalue weighted by Crippen LogP contribution is -2.42. The first-order valence-electron chi connectivity index (χ1n) is 11.4. The van der Waals surface area contributed by atoms with Crippen molar-refractivity contribution < 1.29 is 0 Å². The quantitative estimate of drug-likeness (QED) is 0.197. The number of fused-ring (bicyclic) bond motifs is 1. The summed E-state index contributed by atoms with van der Waals surface area (Å²) < 4.78 is 4.13. The average Bonchev–Trinajstić information content (AvgIpc) is 3.33. The van der Waals surface area contributed by atoms with Gasteiger partial charge in [-0.05, 0) is 56.0 Å². The van der Waals surface area contributed by atoms with Crippen LogP contribution < -0.4 is 10.6 Å². The maximum absolute atomic E-state index is 4.52. The Labute approximate surface area is 218 Å². The highest BCUT2D eigenvalue weighted by molar-refractivity contribution is 14.0. The molecule has 4 rings (SSSR count). The van der Waals surface area contributed by atoms with Crippen molar-refractivity contribution in [3.63, 3.8) is 0 Å². The summed E-state index contributed by atoms with van der Waals surface area (Å²) in [7, 11) is 3.80. The van der Waals surface area contributed by atoms with Crippen LogP contribution in [-0.2, 0) is 26.6 Å². The molecule has 180 valence electrons. The van der Waals surface area contributed by atoms with Crippen LogP contribution in [0.5, 0.6) is 0 Å². The van der Waals surface area contributed by atoms with E-state index in [1.54, 1.807) is 7.05 Å². The van der Waals surface area contributed by atoms with Crippen molar-refractivity contribution in [2.45, 2.75) is 46.3 Å². The molecule has 0 aliphatic heterocycles. The van der Waals surface area contributed by atoms with Crippen LogP contribution in [0, 0.1) is 13.8 Å². The predicted octanol–water partition coefficient (Wildman–Crippen LogP) is 4.35. The summed E-state index contributed by atoms with van der Waals surface area (Å²) in [6.07, 6.45) is 2.81. The summed E-state index contributed by atoms with van der Waals surface area (Å²) in [6.45, 7) is 7.89. The molecule has 0 saturated heterocycles. The third-order valence-electron chi connectivity index (χ3n) is 6.14. The highest BCUT2D eigenvalue weighted by Crippen LogP contribution is 2.15. The second kappa shape index (κ2) is 11.5. The third-order valence-corrected chi connectivity index (χ3v) is 6.14. The lowest BCUT2D eigenvalue weighted by atomic mass is 10.1. The van der Waals surface area contributed by atoms with Crippen LogP contribution in [0.25, 0.3) is 11.0 Å². The average molecular weight is 572 g/mol. The second-order valence-corrected chi connectivity index (χ2v) is 8.63. The van der Waals surface area contributed by atoms with Crippen LogP contribution in [0.4, 0.5) is 0 Å². The van der Waals surface area contributed by atoms with Crippen molar-refractivity contribution in [2.24, 2.45) is 12.0 Å². The number of hydrogen-bond acceptors (Lipinski definition) is 3. The zero-order valence-corrected chi connectivity index (χ0v) is 22.9. The van der Waals surface area contributed by atoms with Gasteiger partial charge in [-0.15, -0.1) is 24.0 Å². The van der Waals surface area contributed by atoms with Gasteiger partial charge in [-0.1, -0.05) is 36.4 Å². The number of guanidine groups is 1. The van der Waals surface area contributed by atoms with Gasteiger partial charge in [0.15, 0.2) is 5.96 Å². The van der Waals surface area contributed by atoms with Crippen molar-refractivity contribution in [3.05, 3.63) is 82.9 Å². The largest absolute Gasteiger partial charge is 0.354 e. The number of nitrogens with one attached hydrogen (secondary N) is 2. The van der Waals surface area contributed by atoms with E-state index in [1.807, 2.05) is 30.2 Å². The summed E-state index contributed by atoms with van der Waals surface area (Å²) in [4.78, 5) is 8.87. The molecule has 2 aromatic carbocycles. The van der Waals surface area contributed by atoms with Gasteiger partial charge in [0.2, 0.25) is 0 Å². The van der Waals surface area contributed by atoms with E-state index in [4.69, 9.17) is 0 Å². The molecule has 1 atom stereocenters. The number of aryl methyl sites for hydroxylation is 2. The van der Waals surface area contributed by atoms with Gasteiger partial charge in [0.05, 0.1) is 23.1 Å². The number of aromatic nitrogens is 4. The van der Waals surface area contributed by atoms with Gasteiger partial charge < -0.3 is 15.2 Å². The summed E-state index contributed by atoms with van der Waals surface area (Å²) in [6, 6.07) is 17.2. The topological polar surface area (TPSA) is 72.1 Å². The number of nitrogens with zero attached hydrogens (tertiary/aromatic N) is 5. The molecule has 0 aliphatic carbocycles. The van der Waals surface area contributed by atoms with Crippen LogP contribution in [0.2, 0.25) is 0 Å². The maximum atomic E-state index is 4.52. The van der Waals surface area contributed by atoms with E-state index >= 15 is 0 Å². The van der Waals surface area contributed by atoms with Gasteiger partial charge in [-0.2, -0.15) is 5.10 Å². The fourth-order valence-electron chi connectivity index (χ4n) is 4.18. The lowest BCUT2D eigenvalue weighted by molar-refractivity contribution is 0.635. The molecule has 2 N–H and O–H groups in total. The number of halogens is 1. The van der Waals surface area contributed by atoms with Crippen LogP contribution >= 0.6 is 24.0 Å². The predicted molar refractivity (Wildman–Crippen MR) is 150 cm³/mol. The van der Waals surface area contributed by atoms with Gasteiger partial charge >= 0.3 is 0 Å². The summed E-state index contributed by atoms with van der Waals surface area (Å²) in [5.41, 5.74) is 8.26. The van der Waals surface area contributed by atoms with Gasteiger partial charge in [-0.3, -0.25) is 9.67 Å². The highest BCUT2D eigenvalue weighted by atomic mass is 127. The Kier molecular flexibility index (Phi) is 8.71. The van der Waals surface area contributed by atoms with E-state index in [9.17, 15) is 0 Å². The van der Waals surface area contributed by atoms with Crippen LogP contribution in [-0.4, -0.2) is 38.4 Å². The monoisotopic (exact) mass is 571 g/mol. The summed E-state index contributed by atoms with van der Waals surface area (Å²) in [5, 5.41) is 11.4. The standard InChI is InChI=1S/C26H33N7.HI/c1-18(14-23-19(2)31-32(5)20(23)3)30-26(27-4)28-15-21-10-12-22(13-11-21)16-33-17-29-24-8-6-7-9-25(24)33;/h6-13,17-18H,14-16H2,1-5H3,(H2,27,28,30);1H. The number of rotatable bonds is 7. The van der Waals surface area contributed by atoms with Gasteiger partial charge in [0, 0.05) is 38.9 Å². The van der Waals surface area contributed by atoms with E-state index in [-0.39, 0.29) is 30.0 Å². The Morgan fingerprint density at radius 3 is 2.44 bits per heavy atom. The fourth-order valence-corrected chi connectivity index (χ4v) is 4.18. The third kappa shape index (κ3) is 5.97. The zero-order valence-electron chi connectivity index (χ0n) is 20.5. The van der Waals surface area contributed by atoms with Crippen molar-refractivity contribution in [1.29, 1.82) is 0 Å². The molecule has 0 amide bonds. The van der Waals surface area contributed by atoms with E-state index in [0.717, 1.165) is 35.7 Å².